The first-order chi connectivity index (χ1) is 13.6. The number of hydrogen-bond donors (Lipinski definition) is 0. The lowest BCUT2D eigenvalue weighted by Crippen LogP contribution is -2.40. The first kappa shape index (κ1) is 18.2. The molecule has 1 saturated heterocycles. The van der Waals surface area contributed by atoms with Gasteiger partial charge in [0.1, 0.15) is 0 Å². The molecule has 5 nitrogen and oxygen atoms in total. The number of likely N-dealkylation sites (tertiary alicyclic amines) is 1. The Morgan fingerprint density at radius 2 is 1.54 bits per heavy atom. The van der Waals surface area contributed by atoms with Crippen molar-refractivity contribution in [3.8, 4) is 5.69 Å². The third-order valence-corrected chi connectivity index (χ3v) is 5.45. The van der Waals surface area contributed by atoms with Crippen molar-refractivity contribution in [3.63, 3.8) is 0 Å². The first-order valence-electron chi connectivity index (χ1n) is 9.63. The lowest BCUT2D eigenvalue weighted by Gasteiger charge is -2.31. The van der Waals surface area contributed by atoms with Crippen LogP contribution in [0, 0.1) is 12.8 Å². The molecule has 0 atom stereocenters. The SMILES string of the molecule is Cc1c(C(=O)N2CCC(C(=O)c3ccccc3)CC2)cnn1-c1ccccc1. The molecular formula is C23H23N3O2. The Morgan fingerprint density at radius 3 is 2.18 bits per heavy atom. The molecule has 142 valence electrons. The van der Waals surface area contributed by atoms with Crippen molar-refractivity contribution in [2.24, 2.45) is 5.92 Å². The van der Waals surface area contributed by atoms with Crippen LogP contribution in [-0.2, 0) is 0 Å². The summed E-state index contributed by atoms with van der Waals surface area (Å²) in [5.74, 6) is 0.158. The van der Waals surface area contributed by atoms with Gasteiger partial charge < -0.3 is 4.90 Å². The Kier molecular flexibility index (Phi) is 5.06. The van der Waals surface area contributed by atoms with Gasteiger partial charge in [-0.3, -0.25) is 9.59 Å². The molecular weight excluding hydrogens is 350 g/mol. The number of rotatable bonds is 4. The number of amides is 1. The van der Waals surface area contributed by atoms with Gasteiger partial charge in [0.2, 0.25) is 0 Å². The quantitative estimate of drug-likeness (QED) is 0.652. The molecule has 1 fully saturated rings. The fourth-order valence-corrected chi connectivity index (χ4v) is 3.80. The van der Waals surface area contributed by atoms with E-state index in [2.05, 4.69) is 5.10 Å². The van der Waals surface area contributed by atoms with Gasteiger partial charge in [-0.15, -0.1) is 0 Å². The normalized spacial score (nSPS) is 14.8. The summed E-state index contributed by atoms with van der Waals surface area (Å²) in [5.41, 5.74) is 3.15. The molecule has 0 N–H and O–H groups in total. The number of benzene rings is 2. The average molecular weight is 373 g/mol. The maximum absolute atomic E-state index is 13.0. The second-order valence-corrected chi connectivity index (χ2v) is 7.19. The van der Waals surface area contributed by atoms with Gasteiger partial charge in [-0.2, -0.15) is 5.10 Å². The van der Waals surface area contributed by atoms with Crippen molar-refractivity contribution in [3.05, 3.63) is 83.7 Å². The van der Waals surface area contributed by atoms with Crippen molar-refractivity contribution in [2.45, 2.75) is 19.8 Å². The van der Waals surface area contributed by atoms with E-state index < -0.39 is 0 Å². The van der Waals surface area contributed by atoms with Crippen LogP contribution in [0.5, 0.6) is 0 Å². The van der Waals surface area contributed by atoms with Gasteiger partial charge in [0.05, 0.1) is 23.1 Å². The average Bonchev–Trinajstić information content (AvgIpc) is 3.15. The molecule has 3 aromatic rings. The molecule has 2 aromatic carbocycles. The molecule has 0 spiro atoms. The summed E-state index contributed by atoms with van der Waals surface area (Å²) in [6.07, 6.45) is 3.04. The fourth-order valence-electron chi connectivity index (χ4n) is 3.80. The van der Waals surface area contributed by atoms with Crippen molar-refractivity contribution in [2.75, 3.05) is 13.1 Å². The molecule has 2 heterocycles. The topological polar surface area (TPSA) is 55.2 Å². The largest absolute Gasteiger partial charge is 0.338 e. The Morgan fingerprint density at radius 1 is 0.929 bits per heavy atom. The summed E-state index contributed by atoms with van der Waals surface area (Å²) in [4.78, 5) is 27.5. The third kappa shape index (κ3) is 3.48. The van der Waals surface area contributed by atoms with E-state index in [4.69, 9.17) is 0 Å². The highest BCUT2D eigenvalue weighted by molar-refractivity contribution is 5.98. The predicted octanol–water partition coefficient (Wildman–Crippen LogP) is 3.92. The second-order valence-electron chi connectivity index (χ2n) is 7.19. The van der Waals surface area contributed by atoms with Gasteiger partial charge >= 0.3 is 0 Å². The number of Topliss-reactive ketones (excluding diaryl/α,β-unsaturated/α-hetero) is 1. The molecule has 1 amide bonds. The van der Waals surface area contributed by atoms with Gasteiger partial charge in [-0.1, -0.05) is 48.5 Å². The van der Waals surface area contributed by atoms with E-state index in [1.54, 1.807) is 10.9 Å². The standard InChI is InChI=1S/C23H23N3O2/c1-17-21(16-24-26(17)20-10-6-3-7-11-20)23(28)25-14-12-19(13-15-25)22(27)18-8-4-2-5-9-18/h2-11,16,19H,12-15H2,1H3. The molecule has 28 heavy (non-hydrogen) atoms. The van der Waals surface area contributed by atoms with Crippen LogP contribution in [0.2, 0.25) is 0 Å². The molecule has 1 aromatic heterocycles. The van der Waals surface area contributed by atoms with Gasteiger partial charge in [0.15, 0.2) is 5.78 Å². The molecule has 5 heteroatoms. The minimum atomic E-state index is -0.0143. The van der Waals surface area contributed by atoms with Gasteiger partial charge in [0, 0.05) is 24.6 Å². The zero-order valence-electron chi connectivity index (χ0n) is 15.9. The highest BCUT2D eigenvalue weighted by Crippen LogP contribution is 2.24. The number of carbonyl (C=O) groups excluding carboxylic acids is 2. The highest BCUT2D eigenvalue weighted by Gasteiger charge is 2.29. The fraction of sp³-hybridized carbons (Fsp3) is 0.261. The first-order valence-corrected chi connectivity index (χ1v) is 9.63. The molecule has 0 radical (unpaired) electrons. The van der Waals surface area contributed by atoms with E-state index in [1.165, 1.54) is 0 Å². The predicted molar refractivity (Wildman–Crippen MR) is 108 cm³/mol. The zero-order valence-corrected chi connectivity index (χ0v) is 15.9. The van der Waals surface area contributed by atoms with Crippen LogP contribution in [-0.4, -0.2) is 39.5 Å². The van der Waals surface area contributed by atoms with E-state index in [0.717, 1.165) is 16.9 Å². The summed E-state index contributed by atoms with van der Waals surface area (Å²) in [5, 5.41) is 4.40. The lowest BCUT2D eigenvalue weighted by atomic mass is 9.88. The summed E-state index contributed by atoms with van der Waals surface area (Å²) >= 11 is 0. The molecule has 0 bridgehead atoms. The Bertz CT molecular complexity index is 972. The van der Waals surface area contributed by atoms with E-state index in [-0.39, 0.29) is 17.6 Å². The molecule has 1 aliphatic rings. The highest BCUT2D eigenvalue weighted by atomic mass is 16.2. The van der Waals surface area contributed by atoms with Gasteiger partial charge in [-0.05, 0) is 31.9 Å². The second kappa shape index (κ2) is 7.80. The number of nitrogens with zero attached hydrogens (tertiary/aromatic N) is 3. The minimum Gasteiger partial charge on any atom is -0.338 e. The number of para-hydroxylation sites is 1. The van der Waals surface area contributed by atoms with Crippen LogP contribution >= 0.6 is 0 Å². The van der Waals surface area contributed by atoms with Gasteiger partial charge in [0.25, 0.3) is 5.91 Å². The van der Waals surface area contributed by atoms with Crippen LogP contribution in [0.25, 0.3) is 5.69 Å². The number of piperidine rings is 1. The zero-order chi connectivity index (χ0) is 19.5. The Labute approximate surface area is 164 Å². The van der Waals surface area contributed by atoms with E-state index in [1.807, 2.05) is 72.5 Å². The maximum atomic E-state index is 13.0. The van der Waals surface area contributed by atoms with Crippen molar-refractivity contribution < 1.29 is 9.59 Å². The van der Waals surface area contributed by atoms with E-state index in [9.17, 15) is 9.59 Å². The van der Waals surface area contributed by atoms with Crippen LogP contribution < -0.4 is 0 Å². The van der Waals surface area contributed by atoms with Crippen LogP contribution in [0.4, 0.5) is 0 Å². The van der Waals surface area contributed by atoms with Crippen LogP contribution in [0.15, 0.2) is 66.9 Å². The van der Waals surface area contributed by atoms with Crippen LogP contribution in [0.3, 0.4) is 0 Å². The monoisotopic (exact) mass is 373 g/mol. The number of aromatic nitrogens is 2. The summed E-state index contributed by atoms with van der Waals surface area (Å²) in [6, 6.07) is 19.2. The maximum Gasteiger partial charge on any atom is 0.257 e. The number of hydrogen-bond acceptors (Lipinski definition) is 3. The smallest absolute Gasteiger partial charge is 0.257 e. The molecule has 0 unspecified atom stereocenters. The number of ketones is 1. The Balaban J connectivity index is 1.44. The van der Waals surface area contributed by atoms with Crippen molar-refractivity contribution in [1.82, 2.24) is 14.7 Å². The van der Waals surface area contributed by atoms with Gasteiger partial charge in [-0.25, -0.2) is 4.68 Å². The van der Waals surface area contributed by atoms with Crippen molar-refractivity contribution in [1.29, 1.82) is 0 Å². The minimum absolute atomic E-state index is 0.00899. The van der Waals surface area contributed by atoms with E-state index in [0.29, 0.717) is 31.5 Å². The summed E-state index contributed by atoms with van der Waals surface area (Å²) in [7, 11) is 0. The third-order valence-electron chi connectivity index (χ3n) is 5.45. The van der Waals surface area contributed by atoms with Crippen LogP contribution in [0.1, 0.15) is 39.3 Å². The lowest BCUT2D eigenvalue weighted by molar-refractivity contribution is 0.0649. The molecule has 4 rings (SSSR count). The van der Waals surface area contributed by atoms with E-state index >= 15 is 0 Å². The molecule has 1 aliphatic heterocycles. The summed E-state index contributed by atoms with van der Waals surface area (Å²) < 4.78 is 1.79. The summed E-state index contributed by atoms with van der Waals surface area (Å²) in [6.45, 7) is 3.11. The van der Waals surface area contributed by atoms with Crippen molar-refractivity contribution >= 4 is 11.7 Å². The number of carbonyl (C=O) groups is 2. The molecule has 0 saturated carbocycles. The Hall–Kier alpha value is -3.21. The molecule has 0 aliphatic carbocycles.